The lowest BCUT2D eigenvalue weighted by Gasteiger charge is -2.05. The average molecular weight is 192 g/mol. The Morgan fingerprint density at radius 3 is 2.38 bits per heavy atom. The number of rotatable bonds is 2. The van der Waals surface area contributed by atoms with Crippen molar-refractivity contribution in [3.8, 4) is 0 Å². The van der Waals surface area contributed by atoms with Gasteiger partial charge in [-0.15, -0.1) is 0 Å². The van der Waals surface area contributed by atoms with Gasteiger partial charge >= 0.3 is 18.1 Å². The van der Waals surface area contributed by atoms with Gasteiger partial charge in [-0.3, -0.25) is 0 Å². The van der Waals surface area contributed by atoms with Gasteiger partial charge in [0.25, 0.3) is 0 Å². The van der Waals surface area contributed by atoms with Crippen LogP contribution in [0.5, 0.6) is 0 Å². The predicted molar refractivity (Wildman–Crippen MR) is 37.3 cm³/mol. The molecule has 74 valence electrons. The lowest BCUT2D eigenvalue weighted by Crippen LogP contribution is -2.39. The summed E-state index contributed by atoms with van der Waals surface area (Å²) in [6.07, 6.45) is -3.23. The molecule has 1 unspecified atom stereocenters. The Kier molecular flexibility index (Phi) is 4.41. The van der Waals surface area contributed by atoms with Gasteiger partial charge in [0.2, 0.25) is 0 Å². The monoisotopic (exact) mass is 192 g/mol. The summed E-state index contributed by atoms with van der Waals surface area (Å²) < 4.78 is 3.81. The number of aliphatic hydroxyl groups excluding tert-OH is 2. The number of alkyl carbamates (subject to hydrolysis) is 1. The lowest BCUT2D eigenvalue weighted by molar-refractivity contribution is -0.148. The van der Waals surface area contributed by atoms with Crippen LogP contribution < -0.4 is 11.1 Å². The Labute approximate surface area is 72.3 Å². The predicted octanol–water partition coefficient (Wildman–Crippen LogP) is -2.33. The minimum absolute atomic E-state index is 0.886. The van der Waals surface area contributed by atoms with E-state index in [1.807, 2.05) is 0 Å². The van der Waals surface area contributed by atoms with Crippen molar-refractivity contribution in [1.82, 2.24) is 5.32 Å². The second kappa shape index (κ2) is 5.06. The summed E-state index contributed by atoms with van der Waals surface area (Å²) in [5, 5.41) is 18.2. The summed E-state index contributed by atoms with van der Waals surface area (Å²) in [5.74, 6) is -1.37. The van der Waals surface area contributed by atoms with Gasteiger partial charge in [0.15, 0.2) is 6.10 Å². The lowest BCUT2D eigenvalue weighted by atomic mass is 10.4. The van der Waals surface area contributed by atoms with Crippen molar-refractivity contribution in [2.24, 2.45) is 5.73 Å². The topological polar surface area (TPSA) is 139 Å². The molecule has 1 atom stereocenters. The number of carbonyl (C=O) groups excluding carboxylic acids is 3. The van der Waals surface area contributed by atoms with Crippen LogP contribution in [0.25, 0.3) is 0 Å². The van der Waals surface area contributed by atoms with Gasteiger partial charge in [0, 0.05) is 0 Å². The number of aliphatic hydroxyl groups is 2. The molecular weight excluding hydrogens is 184 g/mol. The molecule has 13 heavy (non-hydrogen) atoms. The quantitative estimate of drug-likeness (QED) is 0.286. The third kappa shape index (κ3) is 4.71. The van der Waals surface area contributed by atoms with Crippen molar-refractivity contribution in [2.45, 2.75) is 6.10 Å². The molecule has 0 saturated heterocycles. The van der Waals surface area contributed by atoms with Crippen molar-refractivity contribution >= 4 is 18.1 Å². The molecule has 0 spiro atoms. The first-order valence-electron chi connectivity index (χ1n) is 3.08. The SMILES string of the molecule is NC(=O)NC(=O)OC(=O)C(O)CO. The van der Waals surface area contributed by atoms with Gasteiger partial charge in [-0.2, -0.15) is 0 Å². The number of nitrogens with two attached hydrogens (primary N) is 1. The minimum atomic E-state index is -1.82. The van der Waals surface area contributed by atoms with Crippen LogP contribution in [-0.4, -0.2) is 41.0 Å². The van der Waals surface area contributed by atoms with Crippen LogP contribution >= 0.6 is 0 Å². The van der Waals surface area contributed by atoms with Gasteiger partial charge in [-0.05, 0) is 0 Å². The fourth-order valence-electron chi connectivity index (χ4n) is 0.360. The van der Waals surface area contributed by atoms with E-state index in [1.54, 1.807) is 0 Å². The van der Waals surface area contributed by atoms with E-state index in [-0.39, 0.29) is 0 Å². The highest BCUT2D eigenvalue weighted by Crippen LogP contribution is 1.87. The second-order valence-corrected chi connectivity index (χ2v) is 1.90. The summed E-state index contributed by atoms with van der Waals surface area (Å²) >= 11 is 0. The standard InChI is InChI=1S/C5H8N2O6/c6-4(11)7-5(12)13-3(10)2(9)1-8/h2,8-9H,1H2,(H3,6,7,11,12). The Bertz CT molecular complexity index is 227. The first-order valence-corrected chi connectivity index (χ1v) is 3.08. The Morgan fingerprint density at radius 2 is 2.00 bits per heavy atom. The molecule has 5 N–H and O–H groups in total. The Hall–Kier alpha value is -1.67. The van der Waals surface area contributed by atoms with E-state index in [2.05, 4.69) is 10.5 Å². The fourth-order valence-corrected chi connectivity index (χ4v) is 0.360. The van der Waals surface area contributed by atoms with Gasteiger partial charge in [-0.1, -0.05) is 0 Å². The summed E-state index contributed by atoms with van der Waals surface area (Å²) in [7, 11) is 0. The molecule has 0 radical (unpaired) electrons. The number of amides is 3. The van der Waals surface area contributed by atoms with E-state index in [1.165, 1.54) is 5.32 Å². The van der Waals surface area contributed by atoms with Crippen molar-refractivity contribution in [3.05, 3.63) is 0 Å². The first-order chi connectivity index (χ1) is 5.97. The van der Waals surface area contributed by atoms with E-state index < -0.39 is 30.8 Å². The number of hydrogen-bond acceptors (Lipinski definition) is 6. The summed E-state index contributed by atoms with van der Waals surface area (Å²) in [5.41, 5.74) is 4.50. The maximum absolute atomic E-state index is 10.5. The Balaban J connectivity index is 3.92. The summed E-state index contributed by atoms with van der Waals surface area (Å²) in [6.45, 7) is -0.886. The number of carbonyl (C=O) groups is 3. The highest BCUT2D eigenvalue weighted by atomic mass is 16.6. The molecule has 0 aromatic heterocycles. The number of esters is 1. The smallest absolute Gasteiger partial charge is 0.393 e. The summed E-state index contributed by atoms with van der Waals surface area (Å²) in [4.78, 5) is 31.0. The second-order valence-electron chi connectivity index (χ2n) is 1.90. The zero-order valence-electron chi connectivity index (χ0n) is 6.39. The normalized spacial score (nSPS) is 11.5. The van der Waals surface area contributed by atoms with Gasteiger partial charge in [0.05, 0.1) is 6.61 Å². The molecule has 0 aliphatic rings. The molecular formula is C5H8N2O6. The zero-order valence-corrected chi connectivity index (χ0v) is 6.39. The third-order valence-corrected chi connectivity index (χ3v) is 0.864. The van der Waals surface area contributed by atoms with E-state index in [0.29, 0.717) is 0 Å². The minimum Gasteiger partial charge on any atom is -0.393 e. The van der Waals surface area contributed by atoms with Crippen LogP contribution in [0.4, 0.5) is 9.59 Å². The van der Waals surface area contributed by atoms with Gasteiger partial charge < -0.3 is 20.7 Å². The molecule has 3 amide bonds. The van der Waals surface area contributed by atoms with Gasteiger partial charge in [-0.25, -0.2) is 19.7 Å². The van der Waals surface area contributed by atoms with E-state index in [4.69, 9.17) is 10.2 Å². The average Bonchev–Trinajstić information content (AvgIpc) is 2.01. The van der Waals surface area contributed by atoms with Crippen LogP contribution in [0.3, 0.4) is 0 Å². The number of imide groups is 1. The zero-order chi connectivity index (χ0) is 10.4. The van der Waals surface area contributed by atoms with Gasteiger partial charge in [0.1, 0.15) is 0 Å². The van der Waals surface area contributed by atoms with Crippen molar-refractivity contribution < 1.29 is 29.3 Å². The molecule has 0 aliphatic carbocycles. The van der Waals surface area contributed by atoms with Crippen LogP contribution in [-0.2, 0) is 9.53 Å². The molecule has 0 heterocycles. The number of primary amides is 1. The van der Waals surface area contributed by atoms with Crippen molar-refractivity contribution in [2.75, 3.05) is 6.61 Å². The van der Waals surface area contributed by atoms with Crippen LogP contribution in [0.2, 0.25) is 0 Å². The maximum atomic E-state index is 10.5. The van der Waals surface area contributed by atoms with E-state index >= 15 is 0 Å². The number of nitrogens with one attached hydrogen (secondary N) is 1. The van der Waals surface area contributed by atoms with Crippen molar-refractivity contribution in [1.29, 1.82) is 0 Å². The molecule has 0 rings (SSSR count). The first kappa shape index (κ1) is 11.3. The molecule has 0 aliphatic heterocycles. The molecule has 0 aromatic carbocycles. The fraction of sp³-hybridized carbons (Fsp3) is 0.400. The van der Waals surface area contributed by atoms with E-state index in [9.17, 15) is 14.4 Å². The molecule has 0 saturated carbocycles. The van der Waals surface area contributed by atoms with Crippen LogP contribution in [0.1, 0.15) is 0 Å². The molecule has 8 heteroatoms. The van der Waals surface area contributed by atoms with E-state index in [0.717, 1.165) is 0 Å². The number of ether oxygens (including phenoxy) is 1. The summed E-state index contributed by atoms with van der Waals surface area (Å²) in [6, 6.07) is -1.20. The largest absolute Gasteiger partial charge is 0.423 e. The number of hydrogen-bond donors (Lipinski definition) is 4. The van der Waals surface area contributed by atoms with Crippen LogP contribution in [0, 0.1) is 0 Å². The Morgan fingerprint density at radius 1 is 1.46 bits per heavy atom. The van der Waals surface area contributed by atoms with Crippen LogP contribution in [0.15, 0.2) is 0 Å². The third-order valence-electron chi connectivity index (χ3n) is 0.864. The molecule has 0 bridgehead atoms. The molecule has 0 aromatic rings. The highest BCUT2D eigenvalue weighted by molar-refractivity contribution is 5.95. The highest BCUT2D eigenvalue weighted by Gasteiger charge is 2.19. The number of urea groups is 1. The molecule has 0 fully saturated rings. The maximum Gasteiger partial charge on any atom is 0.423 e. The van der Waals surface area contributed by atoms with Crippen molar-refractivity contribution in [3.63, 3.8) is 0 Å². The molecule has 8 nitrogen and oxygen atoms in total.